The summed E-state index contributed by atoms with van der Waals surface area (Å²) in [6, 6.07) is 0. The average Bonchev–Trinajstić information content (AvgIpc) is 3.12. The molecular formula is C44H84NO8P. The third-order valence-corrected chi connectivity index (χ3v) is 10.4. The maximum Gasteiger partial charge on any atom is 0.306 e. The normalized spacial score (nSPS) is 13.8. The molecule has 0 rings (SSSR count). The fourth-order valence-electron chi connectivity index (χ4n) is 5.94. The number of quaternary nitrogens is 1. The number of esters is 2. The maximum absolute atomic E-state index is 12.6. The standard InChI is InChI=1S/C44H84NO8P/c1-6-8-10-12-14-16-18-20-22-24-26-28-30-32-34-36-43(46)50-40-42(41-52-54(48,49)51-39-38-45(3,4)5)53-44(47)37-35-33-31-29-27-25-23-21-19-17-15-13-11-9-7-2/h26-29,42H,6-25,30-41H2,1-5H3. The molecule has 318 valence electrons. The van der Waals surface area contributed by atoms with Crippen molar-refractivity contribution in [2.75, 3.05) is 47.5 Å². The van der Waals surface area contributed by atoms with Crippen LogP contribution in [0.5, 0.6) is 0 Å². The highest BCUT2D eigenvalue weighted by atomic mass is 31.2. The topological polar surface area (TPSA) is 111 Å². The first-order chi connectivity index (χ1) is 26.0. The minimum Gasteiger partial charge on any atom is -0.756 e. The second-order valence-electron chi connectivity index (χ2n) is 16.1. The summed E-state index contributed by atoms with van der Waals surface area (Å²) in [5.41, 5.74) is 0. The lowest BCUT2D eigenvalue weighted by atomic mass is 10.1. The van der Waals surface area contributed by atoms with Gasteiger partial charge in [-0.25, -0.2) is 0 Å². The summed E-state index contributed by atoms with van der Waals surface area (Å²) in [6.45, 7) is 4.19. The molecule has 0 fully saturated rings. The Bertz CT molecular complexity index is 980. The second-order valence-corrected chi connectivity index (χ2v) is 17.5. The predicted molar refractivity (Wildman–Crippen MR) is 222 cm³/mol. The molecular weight excluding hydrogens is 701 g/mol. The minimum atomic E-state index is -4.63. The lowest BCUT2D eigenvalue weighted by molar-refractivity contribution is -0.870. The molecule has 0 N–H and O–H groups in total. The van der Waals surface area contributed by atoms with E-state index < -0.39 is 32.5 Å². The van der Waals surface area contributed by atoms with Gasteiger partial charge in [-0.1, -0.05) is 141 Å². The van der Waals surface area contributed by atoms with E-state index in [9.17, 15) is 19.0 Å². The average molecular weight is 786 g/mol. The highest BCUT2D eigenvalue weighted by Crippen LogP contribution is 2.38. The van der Waals surface area contributed by atoms with Crippen molar-refractivity contribution in [2.45, 2.75) is 200 Å². The van der Waals surface area contributed by atoms with E-state index in [4.69, 9.17) is 18.5 Å². The number of allylic oxidation sites excluding steroid dienone is 4. The van der Waals surface area contributed by atoms with Gasteiger partial charge in [-0.15, -0.1) is 0 Å². The van der Waals surface area contributed by atoms with Crippen LogP contribution in [0.2, 0.25) is 0 Å². The van der Waals surface area contributed by atoms with E-state index >= 15 is 0 Å². The van der Waals surface area contributed by atoms with Crippen LogP contribution in [0.3, 0.4) is 0 Å². The van der Waals surface area contributed by atoms with Crippen molar-refractivity contribution in [3.8, 4) is 0 Å². The number of phosphoric ester groups is 1. The summed E-state index contributed by atoms with van der Waals surface area (Å²) in [6.07, 6.45) is 39.2. The predicted octanol–water partition coefficient (Wildman–Crippen LogP) is 11.7. The molecule has 0 spiro atoms. The molecule has 0 aromatic heterocycles. The number of phosphoric acid groups is 1. The van der Waals surface area contributed by atoms with Gasteiger partial charge in [-0.2, -0.15) is 0 Å². The van der Waals surface area contributed by atoms with Crippen LogP contribution in [-0.2, 0) is 32.7 Å². The number of carbonyl (C=O) groups is 2. The SMILES string of the molecule is CCCCCCCCCCCC=CCCCCC(=O)OCC(COP(=O)([O-])OCC[N+](C)(C)C)OC(=O)CCCCC=CCCCCCCCCCCC. The maximum atomic E-state index is 12.6. The Balaban J connectivity index is 4.41. The van der Waals surface area contributed by atoms with E-state index in [0.29, 0.717) is 23.9 Å². The molecule has 0 saturated heterocycles. The zero-order valence-electron chi connectivity index (χ0n) is 35.7. The fraction of sp³-hybridized carbons (Fsp3) is 0.864. The zero-order chi connectivity index (χ0) is 40.0. The van der Waals surface area contributed by atoms with Crippen LogP contribution in [0.1, 0.15) is 194 Å². The molecule has 0 heterocycles. The van der Waals surface area contributed by atoms with Crippen LogP contribution < -0.4 is 4.89 Å². The van der Waals surface area contributed by atoms with Gasteiger partial charge in [-0.3, -0.25) is 14.2 Å². The molecule has 0 radical (unpaired) electrons. The zero-order valence-corrected chi connectivity index (χ0v) is 36.6. The van der Waals surface area contributed by atoms with Crippen molar-refractivity contribution in [2.24, 2.45) is 0 Å². The monoisotopic (exact) mass is 786 g/mol. The molecule has 2 unspecified atom stereocenters. The van der Waals surface area contributed by atoms with Gasteiger partial charge in [0.25, 0.3) is 7.82 Å². The van der Waals surface area contributed by atoms with Gasteiger partial charge < -0.3 is 27.9 Å². The molecule has 2 atom stereocenters. The minimum absolute atomic E-state index is 0.0359. The van der Waals surface area contributed by atoms with Crippen LogP contribution in [0, 0.1) is 0 Å². The van der Waals surface area contributed by atoms with Crippen molar-refractivity contribution < 1.29 is 42.1 Å². The van der Waals surface area contributed by atoms with Gasteiger partial charge in [0.05, 0.1) is 27.7 Å². The number of hydrogen-bond acceptors (Lipinski definition) is 8. The number of rotatable bonds is 40. The van der Waals surface area contributed by atoms with Crippen molar-refractivity contribution in [1.82, 2.24) is 0 Å². The van der Waals surface area contributed by atoms with Gasteiger partial charge in [0.1, 0.15) is 19.8 Å². The first-order valence-corrected chi connectivity index (χ1v) is 23.5. The van der Waals surface area contributed by atoms with Crippen LogP contribution in [-0.4, -0.2) is 70.0 Å². The highest BCUT2D eigenvalue weighted by Gasteiger charge is 2.21. The highest BCUT2D eigenvalue weighted by molar-refractivity contribution is 7.45. The Kier molecular flexibility index (Phi) is 36.1. The van der Waals surface area contributed by atoms with E-state index in [2.05, 4.69) is 38.2 Å². The van der Waals surface area contributed by atoms with Crippen LogP contribution in [0.4, 0.5) is 0 Å². The first-order valence-electron chi connectivity index (χ1n) is 22.0. The summed E-state index contributed by atoms with van der Waals surface area (Å²) in [4.78, 5) is 37.5. The van der Waals surface area contributed by atoms with E-state index in [0.717, 1.165) is 38.5 Å². The fourth-order valence-corrected chi connectivity index (χ4v) is 6.67. The molecule has 10 heteroatoms. The van der Waals surface area contributed by atoms with Gasteiger partial charge in [0, 0.05) is 12.8 Å². The van der Waals surface area contributed by atoms with Gasteiger partial charge >= 0.3 is 11.9 Å². The van der Waals surface area contributed by atoms with Gasteiger partial charge in [-0.05, 0) is 64.2 Å². The Morgan fingerprint density at radius 2 is 0.944 bits per heavy atom. The Hall–Kier alpha value is -1.51. The number of carbonyl (C=O) groups excluding carboxylic acids is 2. The van der Waals surface area contributed by atoms with E-state index in [1.54, 1.807) is 0 Å². The molecule has 0 bridgehead atoms. The van der Waals surface area contributed by atoms with Crippen LogP contribution in [0.25, 0.3) is 0 Å². The van der Waals surface area contributed by atoms with Crippen LogP contribution >= 0.6 is 7.82 Å². The molecule has 54 heavy (non-hydrogen) atoms. The summed E-state index contributed by atoms with van der Waals surface area (Å²) < 4.78 is 33.8. The van der Waals surface area contributed by atoms with E-state index in [1.165, 1.54) is 116 Å². The van der Waals surface area contributed by atoms with Gasteiger partial charge in [0.2, 0.25) is 0 Å². The molecule has 0 saturated carbocycles. The molecule has 0 aromatic rings. The lowest BCUT2D eigenvalue weighted by Crippen LogP contribution is -2.37. The van der Waals surface area contributed by atoms with Crippen molar-refractivity contribution in [1.29, 1.82) is 0 Å². The molecule has 0 aliphatic rings. The lowest BCUT2D eigenvalue weighted by Gasteiger charge is -2.28. The summed E-state index contributed by atoms with van der Waals surface area (Å²) in [5.74, 6) is -0.882. The number of hydrogen-bond donors (Lipinski definition) is 0. The molecule has 0 aliphatic heterocycles. The Morgan fingerprint density at radius 3 is 1.37 bits per heavy atom. The van der Waals surface area contributed by atoms with E-state index in [1.807, 2.05) is 21.1 Å². The van der Waals surface area contributed by atoms with Crippen LogP contribution in [0.15, 0.2) is 24.3 Å². The molecule has 9 nitrogen and oxygen atoms in total. The Labute approximate surface area is 332 Å². The Morgan fingerprint density at radius 1 is 0.556 bits per heavy atom. The molecule has 0 aromatic carbocycles. The third-order valence-electron chi connectivity index (χ3n) is 9.44. The smallest absolute Gasteiger partial charge is 0.306 e. The van der Waals surface area contributed by atoms with E-state index in [-0.39, 0.29) is 26.1 Å². The number of nitrogens with zero attached hydrogens (tertiary/aromatic N) is 1. The number of likely N-dealkylation sites (N-methyl/N-ethyl adjacent to an activating group) is 1. The first kappa shape index (κ1) is 52.5. The second kappa shape index (κ2) is 37.1. The van der Waals surface area contributed by atoms with Crippen molar-refractivity contribution >= 4 is 19.8 Å². The van der Waals surface area contributed by atoms with Crippen molar-refractivity contribution in [3.05, 3.63) is 24.3 Å². The largest absolute Gasteiger partial charge is 0.756 e. The molecule has 0 amide bonds. The molecule has 0 aliphatic carbocycles. The number of ether oxygens (including phenoxy) is 2. The van der Waals surface area contributed by atoms with Gasteiger partial charge in [0.15, 0.2) is 6.10 Å². The summed E-state index contributed by atoms with van der Waals surface area (Å²) >= 11 is 0. The summed E-state index contributed by atoms with van der Waals surface area (Å²) in [7, 11) is 1.15. The number of unbranched alkanes of at least 4 members (excludes halogenated alkanes) is 22. The quantitative estimate of drug-likeness (QED) is 0.0198. The summed E-state index contributed by atoms with van der Waals surface area (Å²) in [5, 5.41) is 0. The third kappa shape index (κ3) is 40.2. The van der Waals surface area contributed by atoms with Crippen molar-refractivity contribution in [3.63, 3.8) is 0 Å².